The highest BCUT2D eigenvalue weighted by Crippen LogP contribution is 2.19. The zero-order valence-electron chi connectivity index (χ0n) is 10.0. The summed E-state index contributed by atoms with van der Waals surface area (Å²) >= 11 is 1.54. The van der Waals surface area contributed by atoms with Gasteiger partial charge in [0.2, 0.25) is 11.7 Å². The quantitative estimate of drug-likeness (QED) is 0.725. The Labute approximate surface area is 117 Å². The molecule has 0 spiro atoms. The zero-order chi connectivity index (χ0) is 13.9. The van der Waals surface area contributed by atoms with Crippen molar-refractivity contribution in [1.29, 1.82) is 10.5 Å². The molecule has 8 heteroatoms. The van der Waals surface area contributed by atoms with Gasteiger partial charge in [0.1, 0.15) is 18.7 Å². The summed E-state index contributed by atoms with van der Waals surface area (Å²) in [7, 11) is 0. The van der Waals surface area contributed by atoms with Crippen molar-refractivity contribution in [3.63, 3.8) is 0 Å². The second kappa shape index (κ2) is 4.96. The minimum atomic E-state index is 0.0880. The summed E-state index contributed by atoms with van der Waals surface area (Å²) in [6.07, 6.45) is 1.41. The monoisotopic (exact) mass is 282 g/mol. The predicted octanol–water partition coefficient (Wildman–Crippen LogP) is 1.79. The van der Waals surface area contributed by atoms with Gasteiger partial charge in [-0.05, 0) is 11.4 Å². The highest BCUT2D eigenvalue weighted by atomic mass is 32.1. The summed E-state index contributed by atoms with van der Waals surface area (Å²) in [6, 6.07) is 5.69. The van der Waals surface area contributed by atoms with Crippen LogP contribution in [0.15, 0.2) is 27.7 Å². The van der Waals surface area contributed by atoms with Gasteiger partial charge >= 0.3 is 0 Å². The van der Waals surface area contributed by atoms with E-state index < -0.39 is 0 Å². The second-order valence-corrected chi connectivity index (χ2v) is 4.60. The van der Waals surface area contributed by atoms with E-state index in [1.165, 1.54) is 10.9 Å². The van der Waals surface area contributed by atoms with Gasteiger partial charge in [-0.25, -0.2) is 4.98 Å². The summed E-state index contributed by atoms with van der Waals surface area (Å²) in [5.74, 6) is 0.852. The molecule has 0 N–H and O–H groups in total. The van der Waals surface area contributed by atoms with E-state index in [0.717, 1.165) is 5.56 Å². The predicted molar refractivity (Wildman–Crippen MR) is 68.4 cm³/mol. The summed E-state index contributed by atoms with van der Waals surface area (Å²) in [5, 5.41) is 25.6. The fourth-order valence-corrected chi connectivity index (χ4v) is 2.31. The molecule has 3 aromatic heterocycles. The topological polar surface area (TPSA) is 104 Å². The molecule has 0 fully saturated rings. The number of hydrogen-bond donors (Lipinski definition) is 0. The molecule has 20 heavy (non-hydrogen) atoms. The highest BCUT2D eigenvalue weighted by molar-refractivity contribution is 7.08. The Morgan fingerprint density at radius 2 is 2.25 bits per heavy atom. The Kier molecular flexibility index (Phi) is 2.99. The van der Waals surface area contributed by atoms with Crippen molar-refractivity contribution >= 4 is 11.3 Å². The molecule has 0 radical (unpaired) electrons. The molecule has 0 amide bonds. The zero-order valence-corrected chi connectivity index (χ0v) is 10.8. The number of nitriles is 2. The van der Waals surface area contributed by atoms with Crippen molar-refractivity contribution in [2.45, 2.75) is 6.54 Å². The van der Waals surface area contributed by atoms with Crippen LogP contribution >= 0.6 is 11.3 Å². The largest absolute Gasteiger partial charge is 0.337 e. The van der Waals surface area contributed by atoms with Gasteiger partial charge in [0.15, 0.2) is 11.4 Å². The van der Waals surface area contributed by atoms with Crippen molar-refractivity contribution in [3.8, 4) is 23.5 Å². The Bertz CT molecular complexity index is 817. The van der Waals surface area contributed by atoms with E-state index in [9.17, 15) is 0 Å². The normalized spacial score (nSPS) is 10.1. The fraction of sp³-hybridized carbons (Fsp3) is 0.0833. The van der Waals surface area contributed by atoms with Crippen molar-refractivity contribution in [2.24, 2.45) is 0 Å². The average Bonchev–Trinajstić information content (AvgIpc) is 3.19. The van der Waals surface area contributed by atoms with Crippen molar-refractivity contribution in [2.75, 3.05) is 0 Å². The SMILES string of the molecule is N#Cc1ncn(Cc2nc(-c3ccsc3)no2)c1C#N. The Balaban J connectivity index is 1.88. The van der Waals surface area contributed by atoms with E-state index in [2.05, 4.69) is 15.1 Å². The summed E-state index contributed by atoms with van der Waals surface area (Å²) < 4.78 is 6.64. The molecule has 0 aliphatic rings. The van der Waals surface area contributed by atoms with Crippen LogP contribution in [-0.2, 0) is 6.54 Å². The van der Waals surface area contributed by atoms with Gasteiger partial charge in [-0.3, -0.25) is 0 Å². The van der Waals surface area contributed by atoms with Crippen LogP contribution in [-0.4, -0.2) is 19.7 Å². The van der Waals surface area contributed by atoms with Crippen molar-refractivity contribution in [3.05, 3.63) is 40.4 Å². The lowest BCUT2D eigenvalue weighted by atomic mass is 10.3. The van der Waals surface area contributed by atoms with Gasteiger partial charge in [-0.2, -0.15) is 26.8 Å². The minimum absolute atomic E-state index is 0.0880. The number of rotatable bonds is 3. The molecule has 3 heterocycles. The van der Waals surface area contributed by atoms with Crippen LogP contribution in [0.5, 0.6) is 0 Å². The molecule has 0 aliphatic carbocycles. The second-order valence-electron chi connectivity index (χ2n) is 3.82. The molecule has 3 rings (SSSR count). The number of hydrogen-bond acceptors (Lipinski definition) is 7. The molecule has 0 saturated carbocycles. The standard InChI is InChI=1S/C12H6N6OS/c13-3-9-10(4-14)18(7-15-9)5-11-16-12(17-19-11)8-1-2-20-6-8/h1-2,6-7H,5H2. The first kappa shape index (κ1) is 12.1. The number of thiophene rings is 1. The third-order valence-corrected chi connectivity index (χ3v) is 3.29. The van der Waals surface area contributed by atoms with Crippen molar-refractivity contribution in [1.82, 2.24) is 19.7 Å². The van der Waals surface area contributed by atoms with E-state index >= 15 is 0 Å². The van der Waals surface area contributed by atoms with Crippen LogP contribution in [0.2, 0.25) is 0 Å². The lowest BCUT2D eigenvalue weighted by molar-refractivity contribution is 0.371. The highest BCUT2D eigenvalue weighted by Gasteiger charge is 2.14. The van der Waals surface area contributed by atoms with E-state index in [0.29, 0.717) is 11.7 Å². The minimum Gasteiger partial charge on any atom is -0.337 e. The third-order valence-electron chi connectivity index (χ3n) is 2.60. The summed E-state index contributed by atoms with van der Waals surface area (Å²) in [6.45, 7) is 0.203. The molecule has 0 saturated heterocycles. The van der Waals surface area contributed by atoms with E-state index in [1.807, 2.05) is 29.0 Å². The van der Waals surface area contributed by atoms with Gasteiger partial charge in [0.25, 0.3) is 0 Å². The first-order chi connectivity index (χ1) is 9.81. The van der Waals surface area contributed by atoms with Gasteiger partial charge in [0, 0.05) is 10.9 Å². The number of nitrogens with zero attached hydrogens (tertiary/aromatic N) is 6. The first-order valence-corrected chi connectivity index (χ1v) is 6.46. The summed E-state index contributed by atoms with van der Waals surface area (Å²) in [4.78, 5) is 8.10. The molecule has 0 bridgehead atoms. The summed E-state index contributed by atoms with van der Waals surface area (Å²) in [5.41, 5.74) is 1.15. The van der Waals surface area contributed by atoms with Crippen LogP contribution in [0, 0.1) is 22.7 Å². The molecule has 0 atom stereocenters. The molecule has 7 nitrogen and oxygen atoms in total. The molecule has 0 aliphatic heterocycles. The molecule has 0 unspecified atom stereocenters. The Hall–Kier alpha value is -2.97. The maximum Gasteiger partial charge on any atom is 0.246 e. The molecule has 0 aromatic carbocycles. The third kappa shape index (κ3) is 2.05. The first-order valence-electron chi connectivity index (χ1n) is 5.52. The van der Waals surface area contributed by atoms with E-state index in [4.69, 9.17) is 15.0 Å². The lowest BCUT2D eigenvalue weighted by Gasteiger charge is -1.97. The van der Waals surface area contributed by atoms with E-state index in [-0.39, 0.29) is 17.9 Å². The fourth-order valence-electron chi connectivity index (χ4n) is 1.67. The van der Waals surface area contributed by atoms with E-state index in [1.54, 1.807) is 11.3 Å². The van der Waals surface area contributed by atoms with Crippen molar-refractivity contribution < 1.29 is 4.52 Å². The molecule has 96 valence electrons. The van der Waals surface area contributed by atoms with Gasteiger partial charge in [-0.15, -0.1) is 0 Å². The molecule has 3 aromatic rings. The number of aromatic nitrogens is 4. The average molecular weight is 282 g/mol. The maximum absolute atomic E-state index is 9.03. The van der Waals surface area contributed by atoms with Gasteiger partial charge in [-0.1, -0.05) is 5.16 Å². The van der Waals surface area contributed by atoms with Crippen LogP contribution < -0.4 is 0 Å². The number of imidazole rings is 1. The lowest BCUT2D eigenvalue weighted by Crippen LogP contribution is -2.01. The smallest absolute Gasteiger partial charge is 0.246 e. The molecular weight excluding hydrogens is 276 g/mol. The van der Waals surface area contributed by atoms with Gasteiger partial charge in [0.05, 0.1) is 6.33 Å². The van der Waals surface area contributed by atoms with Crippen LogP contribution in [0.1, 0.15) is 17.3 Å². The Morgan fingerprint density at radius 1 is 1.35 bits per heavy atom. The van der Waals surface area contributed by atoms with Gasteiger partial charge < -0.3 is 9.09 Å². The maximum atomic E-state index is 9.03. The van der Waals surface area contributed by atoms with Crippen LogP contribution in [0.25, 0.3) is 11.4 Å². The van der Waals surface area contributed by atoms with Crippen LogP contribution in [0.4, 0.5) is 0 Å². The van der Waals surface area contributed by atoms with Crippen LogP contribution in [0.3, 0.4) is 0 Å². The molecular formula is C12H6N6OS. The Morgan fingerprint density at radius 3 is 2.95 bits per heavy atom.